The third-order valence-corrected chi connectivity index (χ3v) is 4.87. The minimum absolute atomic E-state index is 0.105. The maximum absolute atomic E-state index is 10.9. The highest BCUT2D eigenvalue weighted by molar-refractivity contribution is 5.69. The molecule has 0 amide bonds. The van der Waals surface area contributed by atoms with Gasteiger partial charge in [0.2, 0.25) is 0 Å². The Morgan fingerprint density at radius 2 is 2.00 bits per heavy atom. The molecular weight excluding hydrogens is 330 g/mol. The molecule has 0 unspecified atom stereocenters. The Balaban J connectivity index is 1.58. The van der Waals surface area contributed by atoms with Gasteiger partial charge in [0.05, 0.1) is 6.54 Å². The van der Waals surface area contributed by atoms with Crippen LogP contribution in [0.3, 0.4) is 0 Å². The molecule has 1 aliphatic rings. The average molecular weight is 355 g/mol. The van der Waals surface area contributed by atoms with Crippen LogP contribution in [0.1, 0.15) is 19.8 Å². The second kappa shape index (κ2) is 8.14. The fourth-order valence-corrected chi connectivity index (χ4v) is 3.28. The second-order valence-corrected chi connectivity index (χ2v) is 6.58. The lowest BCUT2D eigenvalue weighted by Gasteiger charge is -2.42. The molecule has 0 bridgehead atoms. The number of aromatic nitrogens is 2. The Kier molecular flexibility index (Phi) is 5.68. The molecule has 2 aromatic rings. The monoisotopic (exact) mass is 355 g/mol. The standard InChI is InChI=1S/C19H25N5O2/c1-3-24(12-19(25)26)16-9-14(10-16)22-17-11-18(21-13-20-17)23(2)15-7-5-4-6-8-15/h4-8,11,13-14,16H,3,9-10,12H2,1-2H3,(H,25,26)(H,20,21,22). The van der Waals surface area contributed by atoms with Crippen LogP contribution >= 0.6 is 0 Å². The first-order valence-electron chi connectivity index (χ1n) is 8.90. The van der Waals surface area contributed by atoms with Gasteiger partial charge in [-0.05, 0) is 31.5 Å². The number of hydrogen-bond donors (Lipinski definition) is 2. The molecule has 0 saturated heterocycles. The van der Waals surface area contributed by atoms with Gasteiger partial charge in [0.15, 0.2) is 0 Å². The molecule has 1 heterocycles. The van der Waals surface area contributed by atoms with Crippen molar-refractivity contribution in [1.29, 1.82) is 0 Å². The molecule has 0 aliphatic heterocycles. The molecule has 0 spiro atoms. The zero-order chi connectivity index (χ0) is 18.5. The van der Waals surface area contributed by atoms with Crippen LogP contribution in [-0.4, -0.2) is 58.2 Å². The number of para-hydroxylation sites is 1. The molecule has 26 heavy (non-hydrogen) atoms. The number of rotatable bonds is 8. The third kappa shape index (κ3) is 4.29. The van der Waals surface area contributed by atoms with Crippen LogP contribution in [0.4, 0.5) is 17.3 Å². The van der Waals surface area contributed by atoms with E-state index in [1.165, 1.54) is 0 Å². The topological polar surface area (TPSA) is 81.6 Å². The molecule has 1 aromatic heterocycles. The van der Waals surface area contributed by atoms with Gasteiger partial charge in [-0.2, -0.15) is 0 Å². The molecule has 3 rings (SSSR count). The minimum Gasteiger partial charge on any atom is -0.480 e. The summed E-state index contributed by atoms with van der Waals surface area (Å²) in [6, 6.07) is 12.6. The normalized spacial score (nSPS) is 19.0. The van der Waals surface area contributed by atoms with Crippen molar-refractivity contribution in [3.8, 4) is 0 Å². The number of benzene rings is 1. The molecule has 0 radical (unpaired) electrons. The van der Waals surface area contributed by atoms with Gasteiger partial charge in [0.25, 0.3) is 0 Å². The average Bonchev–Trinajstić information content (AvgIpc) is 2.63. The molecule has 1 aromatic carbocycles. The summed E-state index contributed by atoms with van der Waals surface area (Å²) in [7, 11) is 1.98. The summed E-state index contributed by atoms with van der Waals surface area (Å²) >= 11 is 0. The number of aliphatic carboxylic acids is 1. The van der Waals surface area contributed by atoms with E-state index in [0.717, 1.165) is 36.7 Å². The van der Waals surface area contributed by atoms with Crippen molar-refractivity contribution in [3.05, 3.63) is 42.7 Å². The maximum atomic E-state index is 10.9. The van der Waals surface area contributed by atoms with Crippen LogP contribution < -0.4 is 10.2 Å². The van der Waals surface area contributed by atoms with Crippen molar-refractivity contribution < 1.29 is 9.90 Å². The zero-order valence-electron chi connectivity index (χ0n) is 15.2. The molecule has 0 atom stereocenters. The lowest BCUT2D eigenvalue weighted by atomic mass is 9.85. The van der Waals surface area contributed by atoms with E-state index in [2.05, 4.69) is 15.3 Å². The molecule has 2 N–H and O–H groups in total. The first-order chi connectivity index (χ1) is 12.6. The van der Waals surface area contributed by atoms with E-state index in [1.54, 1.807) is 6.33 Å². The van der Waals surface area contributed by atoms with E-state index in [1.807, 2.05) is 60.2 Å². The van der Waals surface area contributed by atoms with E-state index < -0.39 is 5.97 Å². The number of nitrogens with one attached hydrogen (secondary N) is 1. The van der Waals surface area contributed by atoms with E-state index in [4.69, 9.17) is 5.11 Å². The summed E-state index contributed by atoms with van der Waals surface area (Å²) in [6.07, 6.45) is 3.42. The Bertz CT molecular complexity index is 734. The van der Waals surface area contributed by atoms with Crippen LogP contribution in [0.2, 0.25) is 0 Å². The van der Waals surface area contributed by atoms with Gasteiger partial charge < -0.3 is 15.3 Å². The summed E-state index contributed by atoms with van der Waals surface area (Å²) in [5.74, 6) is 0.848. The van der Waals surface area contributed by atoms with Gasteiger partial charge in [-0.25, -0.2) is 9.97 Å². The first kappa shape index (κ1) is 18.1. The van der Waals surface area contributed by atoms with Gasteiger partial charge in [-0.15, -0.1) is 0 Å². The number of anilines is 3. The van der Waals surface area contributed by atoms with Crippen LogP contribution in [0.15, 0.2) is 42.7 Å². The van der Waals surface area contributed by atoms with Gasteiger partial charge >= 0.3 is 5.97 Å². The van der Waals surface area contributed by atoms with E-state index in [0.29, 0.717) is 12.1 Å². The summed E-state index contributed by atoms with van der Waals surface area (Å²) in [4.78, 5) is 23.6. The first-order valence-corrected chi connectivity index (χ1v) is 8.90. The van der Waals surface area contributed by atoms with E-state index in [-0.39, 0.29) is 6.54 Å². The lowest BCUT2D eigenvalue weighted by molar-refractivity contribution is -0.139. The molecule has 1 fully saturated rings. The van der Waals surface area contributed by atoms with Crippen molar-refractivity contribution in [1.82, 2.24) is 14.9 Å². The van der Waals surface area contributed by atoms with Gasteiger partial charge in [-0.1, -0.05) is 25.1 Å². The number of likely N-dealkylation sites (N-methyl/N-ethyl adjacent to an activating group) is 1. The number of carbonyl (C=O) groups is 1. The van der Waals surface area contributed by atoms with E-state index >= 15 is 0 Å². The molecule has 138 valence electrons. The summed E-state index contributed by atoms with van der Waals surface area (Å²) in [5.41, 5.74) is 1.06. The molecule has 7 heteroatoms. The Morgan fingerprint density at radius 1 is 1.27 bits per heavy atom. The molecule has 7 nitrogen and oxygen atoms in total. The fourth-order valence-electron chi connectivity index (χ4n) is 3.28. The highest BCUT2D eigenvalue weighted by atomic mass is 16.4. The smallest absolute Gasteiger partial charge is 0.317 e. The molecular formula is C19H25N5O2. The highest BCUT2D eigenvalue weighted by Gasteiger charge is 2.34. The van der Waals surface area contributed by atoms with Crippen molar-refractivity contribution >= 4 is 23.3 Å². The Morgan fingerprint density at radius 3 is 2.65 bits per heavy atom. The van der Waals surface area contributed by atoms with Crippen LogP contribution in [0.25, 0.3) is 0 Å². The lowest BCUT2D eigenvalue weighted by Crippen LogP contribution is -2.51. The molecule has 1 aliphatic carbocycles. The summed E-state index contributed by atoms with van der Waals surface area (Å²) < 4.78 is 0. The van der Waals surface area contributed by atoms with Crippen molar-refractivity contribution in [2.75, 3.05) is 30.4 Å². The number of nitrogens with zero attached hydrogens (tertiary/aromatic N) is 4. The maximum Gasteiger partial charge on any atom is 0.317 e. The zero-order valence-corrected chi connectivity index (χ0v) is 15.2. The number of carboxylic acids is 1. The van der Waals surface area contributed by atoms with Gasteiger partial charge in [0, 0.05) is 30.9 Å². The molecule has 1 saturated carbocycles. The summed E-state index contributed by atoms with van der Waals surface area (Å²) in [6.45, 7) is 2.86. The van der Waals surface area contributed by atoms with Crippen molar-refractivity contribution in [3.63, 3.8) is 0 Å². The number of carboxylic acid groups (broad SMARTS) is 1. The predicted molar refractivity (Wildman–Crippen MR) is 102 cm³/mol. The minimum atomic E-state index is -0.771. The third-order valence-electron chi connectivity index (χ3n) is 4.87. The van der Waals surface area contributed by atoms with Crippen molar-refractivity contribution in [2.45, 2.75) is 31.8 Å². The van der Waals surface area contributed by atoms with Gasteiger partial charge in [-0.3, -0.25) is 9.69 Å². The fraction of sp³-hybridized carbons (Fsp3) is 0.421. The largest absolute Gasteiger partial charge is 0.480 e. The van der Waals surface area contributed by atoms with Crippen molar-refractivity contribution in [2.24, 2.45) is 0 Å². The van der Waals surface area contributed by atoms with E-state index in [9.17, 15) is 4.79 Å². The van der Waals surface area contributed by atoms with Crippen LogP contribution in [-0.2, 0) is 4.79 Å². The SMILES string of the molecule is CCN(CC(=O)O)C1CC(Nc2cc(N(C)c3ccccc3)ncn2)C1. The second-order valence-electron chi connectivity index (χ2n) is 6.58. The number of hydrogen-bond acceptors (Lipinski definition) is 6. The predicted octanol–water partition coefficient (Wildman–Crippen LogP) is 2.59. The van der Waals surface area contributed by atoms with Gasteiger partial charge in [0.1, 0.15) is 18.0 Å². The summed E-state index contributed by atoms with van der Waals surface area (Å²) in [5, 5.41) is 12.4. The van der Waals surface area contributed by atoms with Crippen LogP contribution in [0.5, 0.6) is 0 Å². The highest BCUT2D eigenvalue weighted by Crippen LogP contribution is 2.29. The Labute approximate surface area is 153 Å². The quantitative estimate of drug-likeness (QED) is 0.753. The van der Waals surface area contributed by atoms with Crippen LogP contribution in [0, 0.1) is 0 Å². The Hall–Kier alpha value is -2.67.